The number of carbonyl (C=O) groups is 2. The molecule has 2 fully saturated rings. The number of nitrogens with zero attached hydrogens (tertiary/aromatic N) is 3. The maximum Gasteiger partial charge on any atom is 0.245 e. The predicted molar refractivity (Wildman–Crippen MR) is 124 cm³/mol. The van der Waals surface area contributed by atoms with Crippen molar-refractivity contribution in [2.45, 2.75) is 63.0 Å². The molecule has 2 amide bonds. The topological polar surface area (TPSA) is 99.7 Å². The van der Waals surface area contributed by atoms with Crippen molar-refractivity contribution in [1.29, 1.82) is 0 Å². The Bertz CT molecular complexity index is 1130. The number of pyridine rings is 1. The Morgan fingerprint density at radius 2 is 1.94 bits per heavy atom. The summed E-state index contributed by atoms with van der Waals surface area (Å²) in [7, 11) is -3.81. The van der Waals surface area contributed by atoms with Crippen LogP contribution in [0, 0.1) is 5.82 Å². The largest absolute Gasteiger partial charge is 0.343 e. The van der Waals surface area contributed by atoms with Crippen LogP contribution in [0.15, 0.2) is 48.8 Å². The van der Waals surface area contributed by atoms with E-state index in [0.29, 0.717) is 31.4 Å². The number of sulfonamides is 1. The number of hydrogen-bond donors (Lipinski definition) is 1. The third kappa shape index (κ3) is 5.44. The van der Waals surface area contributed by atoms with E-state index >= 15 is 0 Å². The van der Waals surface area contributed by atoms with Gasteiger partial charge in [-0.05, 0) is 55.5 Å². The Kier molecular flexibility index (Phi) is 7.27. The summed E-state index contributed by atoms with van der Waals surface area (Å²) < 4.78 is 40.7. The number of rotatable bonds is 7. The highest BCUT2D eigenvalue weighted by atomic mass is 32.2. The van der Waals surface area contributed by atoms with Gasteiger partial charge in [-0.1, -0.05) is 24.6 Å². The summed E-state index contributed by atoms with van der Waals surface area (Å²) in [6, 6.07) is 7.38. The second kappa shape index (κ2) is 10.2. The van der Waals surface area contributed by atoms with Crippen LogP contribution in [0.3, 0.4) is 0 Å². The fraction of sp³-hybridized carbons (Fsp3) is 0.458. The highest BCUT2D eigenvalue weighted by molar-refractivity contribution is 7.88. The standard InChI is InChI=1S/C24H29FN4O4S/c1-17-13-21(24(31)28(17)15-19-5-4-11-26-14-19)27-23(30)22-6-2-3-12-29(22)34(32,33)16-18-7-9-20(25)10-8-18/h4-5,7-11,14,17,21-22H,2-3,6,12-13,15-16H2,1H3,(H,27,30). The van der Waals surface area contributed by atoms with E-state index in [1.165, 1.54) is 28.6 Å². The Balaban J connectivity index is 1.43. The molecule has 0 spiro atoms. The molecule has 34 heavy (non-hydrogen) atoms. The van der Waals surface area contributed by atoms with Crippen LogP contribution in [0.25, 0.3) is 0 Å². The Hall–Kier alpha value is -2.85. The monoisotopic (exact) mass is 488 g/mol. The summed E-state index contributed by atoms with van der Waals surface area (Å²) in [4.78, 5) is 32.0. The molecule has 3 heterocycles. The Labute approximate surface area is 199 Å². The van der Waals surface area contributed by atoms with Gasteiger partial charge in [0.25, 0.3) is 0 Å². The van der Waals surface area contributed by atoms with Crippen LogP contribution >= 0.6 is 0 Å². The quantitative estimate of drug-likeness (QED) is 0.644. The molecule has 0 radical (unpaired) electrons. The number of carbonyl (C=O) groups excluding carboxylic acids is 2. The van der Waals surface area contributed by atoms with Gasteiger partial charge in [0.15, 0.2) is 0 Å². The van der Waals surface area contributed by atoms with Crippen LogP contribution < -0.4 is 5.32 Å². The molecule has 3 atom stereocenters. The first kappa shape index (κ1) is 24.3. The van der Waals surface area contributed by atoms with Crippen molar-refractivity contribution in [2.75, 3.05) is 6.54 Å². The first-order chi connectivity index (χ1) is 16.2. The van der Waals surface area contributed by atoms with Crippen molar-refractivity contribution in [3.63, 3.8) is 0 Å². The van der Waals surface area contributed by atoms with Gasteiger partial charge in [-0.2, -0.15) is 4.31 Å². The van der Waals surface area contributed by atoms with Gasteiger partial charge in [0.05, 0.1) is 5.75 Å². The summed E-state index contributed by atoms with van der Waals surface area (Å²) >= 11 is 0. The normalized spacial score (nSPS) is 23.8. The second-order valence-corrected chi connectivity index (χ2v) is 10.9. The lowest BCUT2D eigenvalue weighted by atomic mass is 10.0. The third-order valence-corrected chi connectivity index (χ3v) is 8.31. The van der Waals surface area contributed by atoms with E-state index in [-0.39, 0.29) is 24.2 Å². The molecular formula is C24H29FN4O4S. The van der Waals surface area contributed by atoms with E-state index in [9.17, 15) is 22.4 Å². The number of nitrogens with one attached hydrogen (secondary N) is 1. The maximum atomic E-state index is 13.2. The minimum Gasteiger partial charge on any atom is -0.343 e. The number of amides is 2. The first-order valence-electron chi connectivity index (χ1n) is 11.5. The summed E-state index contributed by atoms with van der Waals surface area (Å²) in [6.07, 6.45) is 5.61. The second-order valence-electron chi connectivity index (χ2n) is 8.98. The molecule has 2 aliphatic heterocycles. The number of hydrogen-bond acceptors (Lipinski definition) is 5. The SMILES string of the molecule is CC1CC(NC(=O)C2CCCCN2S(=O)(=O)Cc2ccc(F)cc2)C(=O)N1Cc1cccnc1. The molecule has 2 saturated heterocycles. The number of piperidine rings is 1. The third-order valence-electron chi connectivity index (χ3n) is 6.46. The Morgan fingerprint density at radius 3 is 2.65 bits per heavy atom. The molecule has 4 rings (SSSR count). The number of halogens is 1. The maximum absolute atomic E-state index is 13.2. The van der Waals surface area contributed by atoms with Crippen molar-refractivity contribution in [1.82, 2.24) is 19.5 Å². The molecule has 2 aromatic rings. The summed E-state index contributed by atoms with van der Waals surface area (Å²) in [5.41, 5.74) is 1.36. The molecule has 10 heteroatoms. The number of aromatic nitrogens is 1. The molecule has 2 aliphatic rings. The summed E-state index contributed by atoms with van der Waals surface area (Å²) in [5, 5.41) is 2.82. The van der Waals surface area contributed by atoms with Crippen LogP contribution in [0.1, 0.15) is 43.7 Å². The van der Waals surface area contributed by atoms with Gasteiger partial charge in [0, 0.05) is 31.5 Å². The van der Waals surface area contributed by atoms with Gasteiger partial charge in [-0.3, -0.25) is 14.6 Å². The van der Waals surface area contributed by atoms with Crippen LogP contribution in [0.4, 0.5) is 4.39 Å². The average molecular weight is 489 g/mol. The highest BCUT2D eigenvalue weighted by Gasteiger charge is 2.42. The number of benzene rings is 1. The van der Waals surface area contributed by atoms with Gasteiger partial charge in [0.2, 0.25) is 21.8 Å². The van der Waals surface area contributed by atoms with Crippen molar-refractivity contribution in [3.05, 3.63) is 65.7 Å². The zero-order valence-corrected chi connectivity index (χ0v) is 19.9. The lowest BCUT2D eigenvalue weighted by Crippen LogP contribution is -2.54. The summed E-state index contributed by atoms with van der Waals surface area (Å²) in [5.74, 6) is -1.38. The van der Waals surface area contributed by atoms with Gasteiger partial charge >= 0.3 is 0 Å². The molecule has 1 aromatic heterocycles. The van der Waals surface area contributed by atoms with Crippen LogP contribution in [-0.4, -0.2) is 59.1 Å². The smallest absolute Gasteiger partial charge is 0.245 e. The molecule has 0 bridgehead atoms. The molecule has 0 aliphatic carbocycles. The zero-order valence-electron chi connectivity index (χ0n) is 19.1. The van der Waals surface area contributed by atoms with Crippen LogP contribution in [-0.2, 0) is 31.9 Å². The van der Waals surface area contributed by atoms with Crippen molar-refractivity contribution >= 4 is 21.8 Å². The fourth-order valence-corrected chi connectivity index (χ4v) is 6.45. The number of likely N-dealkylation sites (tertiary alicyclic amines) is 1. The van der Waals surface area contributed by atoms with Gasteiger partial charge < -0.3 is 10.2 Å². The highest BCUT2D eigenvalue weighted by Crippen LogP contribution is 2.25. The molecule has 1 N–H and O–H groups in total. The first-order valence-corrected chi connectivity index (χ1v) is 13.1. The minimum atomic E-state index is -3.81. The van der Waals surface area contributed by atoms with E-state index in [1.807, 2.05) is 19.1 Å². The Morgan fingerprint density at radius 1 is 1.18 bits per heavy atom. The predicted octanol–water partition coefficient (Wildman–Crippen LogP) is 2.21. The molecule has 3 unspecified atom stereocenters. The van der Waals surface area contributed by atoms with Crippen molar-refractivity contribution in [3.8, 4) is 0 Å². The van der Waals surface area contributed by atoms with Crippen LogP contribution in [0.5, 0.6) is 0 Å². The lowest BCUT2D eigenvalue weighted by Gasteiger charge is -2.34. The van der Waals surface area contributed by atoms with Gasteiger partial charge in [-0.25, -0.2) is 12.8 Å². The van der Waals surface area contributed by atoms with Gasteiger partial charge in [0.1, 0.15) is 17.9 Å². The summed E-state index contributed by atoms with van der Waals surface area (Å²) in [6.45, 7) is 2.58. The van der Waals surface area contributed by atoms with E-state index in [2.05, 4.69) is 10.3 Å². The fourth-order valence-electron chi connectivity index (χ4n) is 4.67. The van der Waals surface area contributed by atoms with E-state index in [0.717, 1.165) is 12.0 Å². The molecule has 8 nitrogen and oxygen atoms in total. The van der Waals surface area contributed by atoms with E-state index in [1.54, 1.807) is 17.3 Å². The van der Waals surface area contributed by atoms with Crippen LogP contribution in [0.2, 0.25) is 0 Å². The lowest BCUT2D eigenvalue weighted by molar-refractivity contribution is -0.135. The zero-order chi connectivity index (χ0) is 24.3. The van der Waals surface area contributed by atoms with Gasteiger partial charge in [-0.15, -0.1) is 0 Å². The average Bonchev–Trinajstić information content (AvgIpc) is 3.08. The van der Waals surface area contributed by atoms with Crippen molar-refractivity contribution in [2.24, 2.45) is 0 Å². The molecule has 1 aromatic carbocycles. The van der Waals surface area contributed by atoms with Crippen molar-refractivity contribution < 1.29 is 22.4 Å². The molecular weight excluding hydrogens is 459 g/mol. The van der Waals surface area contributed by atoms with E-state index in [4.69, 9.17) is 0 Å². The molecule has 182 valence electrons. The van der Waals surface area contributed by atoms with E-state index < -0.39 is 33.8 Å². The minimum absolute atomic E-state index is 0.0670. The molecule has 0 saturated carbocycles.